The van der Waals surface area contributed by atoms with Gasteiger partial charge in [-0.1, -0.05) is 159 Å². The van der Waals surface area contributed by atoms with Crippen LogP contribution in [0, 0.1) is 0 Å². The number of rotatable bonds is 39. The Morgan fingerprint density at radius 1 is 0.630 bits per heavy atom. The number of quaternary nitrogens is 1. The fourth-order valence-corrected chi connectivity index (χ4v) is 6.23. The summed E-state index contributed by atoms with van der Waals surface area (Å²) in [7, 11) is 1.04. The summed E-state index contributed by atoms with van der Waals surface area (Å²) >= 11 is 0. The van der Waals surface area contributed by atoms with Crippen LogP contribution >= 0.6 is 7.82 Å². The molecule has 0 aliphatic heterocycles. The average Bonchev–Trinajstić information content (AvgIpc) is 3.14. The fraction of sp³-hybridized carbons (Fsp3) is 0.818. The number of likely N-dealkylation sites (N-methyl/N-ethyl adjacent to an activating group) is 1. The molecule has 0 aromatic heterocycles. The van der Waals surface area contributed by atoms with Gasteiger partial charge in [-0.05, 0) is 44.8 Å². The van der Waals surface area contributed by atoms with Crippen LogP contribution in [0.5, 0.6) is 0 Å². The minimum atomic E-state index is -4.67. The maximum absolute atomic E-state index is 12.7. The number of hydrogen-bond acceptors (Lipinski definition) is 8. The number of hydrogen-bond donors (Lipinski definition) is 0. The van der Waals surface area contributed by atoms with Gasteiger partial charge >= 0.3 is 11.9 Å². The van der Waals surface area contributed by atoms with Gasteiger partial charge in [0.05, 0.1) is 27.7 Å². The molecule has 0 spiro atoms. The Morgan fingerprint density at radius 2 is 1.09 bits per heavy atom. The first-order valence-corrected chi connectivity index (χ1v) is 22.7. The van der Waals surface area contributed by atoms with Gasteiger partial charge < -0.3 is 27.9 Å². The molecule has 0 aliphatic rings. The summed E-state index contributed by atoms with van der Waals surface area (Å²) < 4.78 is 65.7. The second kappa shape index (κ2) is 36.8. The molecule has 0 aromatic carbocycles. The zero-order chi connectivity index (χ0) is 43.6. The molecule has 0 saturated carbocycles. The molecule has 0 aromatic rings. The highest BCUT2D eigenvalue weighted by Gasteiger charge is 2.21. The van der Waals surface area contributed by atoms with Crippen molar-refractivity contribution in [1.82, 2.24) is 0 Å². The lowest BCUT2D eigenvalue weighted by atomic mass is 10.0. The van der Waals surface area contributed by atoms with Gasteiger partial charge in [-0.3, -0.25) is 14.2 Å². The molecule has 0 amide bonds. The van der Waals surface area contributed by atoms with E-state index in [0.29, 0.717) is 36.7 Å². The molecule has 9 nitrogen and oxygen atoms in total. The molecule has 0 radical (unpaired) electrons. The van der Waals surface area contributed by atoms with Crippen molar-refractivity contribution in [1.29, 1.82) is 0 Å². The van der Waals surface area contributed by atoms with Crippen LogP contribution in [0.25, 0.3) is 0 Å². The first-order valence-electron chi connectivity index (χ1n) is 23.2. The highest BCUT2D eigenvalue weighted by molar-refractivity contribution is 7.45. The average molecular weight is 788 g/mol. The fourth-order valence-electron chi connectivity index (χ4n) is 5.50. The van der Waals surface area contributed by atoms with Crippen LogP contribution in [0.2, 0.25) is 0 Å². The number of carbonyl (C=O) groups is 2. The van der Waals surface area contributed by atoms with Crippen molar-refractivity contribution in [2.24, 2.45) is 0 Å². The summed E-state index contributed by atoms with van der Waals surface area (Å²) in [5, 5.41) is 0. The topological polar surface area (TPSA) is 111 Å². The SMILES string of the molecule is [2H]C([2H])(/C=C\CC)/C=C\C([2H])([2H])/C=C\CCCCCCCC(=O)O[C@H](COC(=O)CCCCCCCCCCCCCCCCC)COP(=O)([O-])OCC[N+](C)(C)C. The number of phosphoric ester groups is 1. The number of unbranched alkanes of at least 4 members (excludes halogenated alkanes) is 19. The van der Waals surface area contributed by atoms with Gasteiger partial charge in [0.15, 0.2) is 6.10 Å². The summed E-state index contributed by atoms with van der Waals surface area (Å²) in [6, 6.07) is 0. The molecule has 0 aliphatic carbocycles. The van der Waals surface area contributed by atoms with Crippen LogP contribution < -0.4 is 4.89 Å². The quantitative estimate of drug-likeness (QED) is 0.0199. The predicted molar refractivity (Wildman–Crippen MR) is 222 cm³/mol. The smallest absolute Gasteiger partial charge is 0.306 e. The summed E-state index contributed by atoms with van der Waals surface area (Å²) in [5.41, 5.74) is 0. The Balaban J connectivity index is 4.56. The second-order valence-electron chi connectivity index (χ2n) is 15.3. The monoisotopic (exact) mass is 788 g/mol. The van der Waals surface area contributed by atoms with Crippen molar-refractivity contribution in [3.05, 3.63) is 36.5 Å². The molecule has 0 heterocycles. The van der Waals surface area contributed by atoms with Crippen molar-refractivity contribution in [3.8, 4) is 0 Å². The minimum Gasteiger partial charge on any atom is -0.756 e. The van der Waals surface area contributed by atoms with Gasteiger partial charge in [0.1, 0.15) is 19.8 Å². The first kappa shape index (κ1) is 44.9. The van der Waals surface area contributed by atoms with E-state index in [1.165, 1.54) is 94.9 Å². The van der Waals surface area contributed by atoms with Crippen molar-refractivity contribution in [3.63, 3.8) is 0 Å². The van der Waals surface area contributed by atoms with Crippen molar-refractivity contribution < 1.29 is 47.5 Å². The molecule has 0 N–H and O–H groups in total. The van der Waals surface area contributed by atoms with Crippen LogP contribution in [-0.4, -0.2) is 70.0 Å². The van der Waals surface area contributed by atoms with E-state index in [1.54, 1.807) is 12.2 Å². The van der Waals surface area contributed by atoms with E-state index in [9.17, 15) is 19.0 Å². The molecular formula is C44H82NO8P. The van der Waals surface area contributed by atoms with Gasteiger partial charge in [0, 0.05) is 18.3 Å². The Hall–Kier alpha value is -1.77. The third-order valence-corrected chi connectivity index (χ3v) is 9.80. The lowest BCUT2D eigenvalue weighted by Gasteiger charge is -2.28. The summed E-state index contributed by atoms with van der Waals surface area (Å²) in [4.78, 5) is 37.6. The Kier molecular flexibility index (Phi) is 30.7. The number of carbonyl (C=O) groups excluding carboxylic acids is 2. The van der Waals surface area contributed by atoms with Crippen molar-refractivity contribution in [2.75, 3.05) is 47.5 Å². The largest absolute Gasteiger partial charge is 0.756 e. The summed E-state index contributed by atoms with van der Waals surface area (Å²) in [6.07, 6.45) is 28.4. The van der Waals surface area contributed by atoms with E-state index in [2.05, 4.69) is 6.92 Å². The van der Waals surface area contributed by atoms with Crippen LogP contribution in [-0.2, 0) is 32.7 Å². The van der Waals surface area contributed by atoms with E-state index >= 15 is 0 Å². The Bertz CT molecular complexity index is 1190. The van der Waals surface area contributed by atoms with E-state index < -0.39 is 45.2 Å². The normalized spacial score (nSPS) is 15.6. The Labute approximate surface area is 337 Å². The highest BCUT2D eigenvalue weighted by Crippen LogP contribution is 2.38. The first-order chi connectivity index (χ1) is 27.4. The zero-order valence-corrected chi connectivity index (χ0v) is 35.9. The molecule has 54 heavy (non-hydrogen) atoms. The molecule has 0 saturated heterocycles. The van der Waals surface area contributed by atoms with Crippen LogP contribution in [0.1, 0.15) is 186 Å². The lowest BCUT2D eigenvalue weighted by Crippen LogP contribution is -2.37. The highest BCUT2D eigenvalue weighted by atomic mass is 31.2. The molecule has 0 fully saturated rings. The number of esters is 2. The van der Waals surface area contributed by atoms with Gasteiger partial charge in [0.2, 0.25) is 0 Å². The maximum atomic E-state index is 12.7. The van der Waals surface area contributed by atoms with E-state index in [1.807, 2.05) is 28.1 Å². The third kappa shape index (κ3) is 39.9. The minimum absolute atomic E-state index is 0.0664. The molecular weight excluding hydrogens is 701 g/mol. The van der Waals surface area contributed by atoms with Gasteiger partial charge in [-0.25, -0.2) is 0 Å². The van der Waals surface area contributed by atoms with Gasteiger partial charge in [-0.15, -0.1) is 0 Å². The van der Waals surface area contributed by atoms with Crippen molar-refractivity contribution >= 4 is 19.8 Å². The van der Waals surface area contributed by atoms with Gasteiger partial charge in [-0.2, -0.15) is 0 Å². The third-order valence-electron chi connectivity index (χ3n) is 8.83. The summed E-state index contributed by atoms with van der Waals surface area (Å²) in [6.45, 7) is 3.70. The predicted octanol–water partition coefficient (Wildman–Crippen LogP) is 11.5. The van der Waals surface area contributed by atoms with E-state index in [-0.39, 0.29) is 26.1 Å². The number of phosphoric acid groups is 1. The van der Waals surface area contributed by atoms with E-state index in [4.69, 9.17) is 24.0 Å². The standard InChI is InChI=1S/C44H82NO8P/c1-6-8-10-12-14-16-18-20-22-24-26-28-30-32-34-36-43(46)50-40-42(41-52-54(48,49)51-39-38-45(3,4)5)53-44(47)37-35-33-31-29-27-25-23-21-19-17-15-13-11-9-7-2/h9,11,15,17,21,23,42H,6-8,10,12-14,16,18-20,22,24-41H2,1-5H3/b11-9-,17-15-,23-21-/t42-/m1/s1/i13D2,19D2. The molecule has 0 rings (SSSR count). The van der Waals surface area contributed by atoms with Crippen molar-refractivity contribution in [2.45, 2.75) is 187 Å². The van der Waals surface area contributed by atoms with Crippen LogP contribution in [0.3, 0.4) is 0 Å². The van der Waals surface area contributed by atoms with Crippen LogP contribution in [0.15, 0.2) is 36.5 Å². The molecule has 2 atom stereocenters. The summed E-state index contributed by atoms with van der Waals surface area (Å²) in [5.74, 6) is -0.961. The number of allylic oxidation sites excluding steroid dienone is 6. The molecule has 316 valence electrons. The number of nitrogens with zero attached hydrogens (tertiary/aromatic N) is 1. The van der Waals surface area contributed by atoms with Crippen LogP contribution in [0.4, 0.5) is 0 Å². The molecule has 1 unspecified atom stereocenters. The van der Waals surface area contributed by atoms with E-state index in [0.717, 1.165) is 44.9 Å². The zero-order valence-electron chi connectivity index (χ0n) is 39.0. The Morgan fingerprint density at radius 3 is 1.61 bits per heavy atom. The molecule has 10 heteroatoms. The lowest BCUT2D eigenvalue weighted by molar-refractivity contribution is -0.870. The molecule has 0 bridgehead atoms. The van der Waals surface area contributed by atoms with Gasteiger partial charge in [0.25, 0.3) is 7.82 Å². The second-order valence-corrected chi connectivity index (χ2v) is 16.7. The maximum Gasteiger partial charge on any atom is 0.306 e. The number of ether oxygens (including phenoxy) is 2.